The molecule has 1 amide bonds. The average Bonchev–Trinajstić information content (AvgIpc) is 2.70. The van der Waals surface area contributed by atoms with E-state index in [-0.39, 0.29) is 5.91 Å². The molecule has 0 aromatic heterocycles. The van der Waals surface area contributed by atoms with Crippen molar-refractivity contribution >= 4 is 29.3 Å². The molecule has 5 heteroatoms. The number of halogens is 1. The number of benzene rings is 3. The molecule has 0 heterocycles. The van der Waals surface area contributed by atoms with Crippen LogP contribution in [0, 0.1) is 0 Å². The molecule has 3 aromatic rings. The van der Waals surface area contributed by atoms with Crippen LogP contribution < -0.4 is 14.8 Å². The first-order valence-corrected chi connectivity index (χ1v) is 9.26. The van der Waals surface area contributed by atoms with E-state index in [1.165, 1.54) is 6.08 Å². The van der Waals surface area contributed by atoms with Gasteiger partial charge in [-0.1, -0.05) is 41.9 Å². The molecule has 3 rings (SSSR count). The Balaban J connectivity index is 1.70. The molecular formula is C23H20ClNO3. The second-order valence-electron chi connectivity index (χ2n) is 5.88. The predicted octanol–water partition coefficient (Wildman–Crippen LogP) is 6.18. The smallest absolute Gasteiger partial charge is 0.248 e. The van der Waals surface area contributed by atoms with Crippen molar-refractivity contribution in [3.63, 3.8) is 0 Å². The molecule has 0 unspecified atom stereocenters. The molecule has 0 aliphatic carbocycles. The maximum atomic E-state index is 12.3. The van der Waals surface area contributed by atoms with Gasteiger partial charge in [-0.3, -0.25) is 4.79 Å². The fourth-order valence-electron chi connectivity index (χ4n) is 2.49. The molecule has 4 nitrogen and oxygen atoms in total. The SMILES string of the molecule is CCOc1ccc(/C=C/C(=O)Nc2cc(Cl)ccc2Oc2ccccc2)cc1. The minimum atomic E-state index is -0.283. The van der Waals surface area contributed by atoms with Crippen molar-refractivity contribution in [2.24, 2.45) is 0 Å². The van der Waals surface area contributed by atoms with Crippen LogP contribution in [-0.4, -0.2) is 12.5 Å². The normalized spacial score (nSPS) is 10.6. The van der Waals surface area contributed by atoms with Crippen molar-refractivity contribution < 1.29 is 14.3 Å². The lowest BCUT2D eigenvalue weighted by molar-refractivity contribution is -0.111. The van der Waals surface area contributed by atoms with E-state index in [1.807, 2.05) is 61.5 Å². The van der Waals surface area contributed by atoms with Gasteiger partial charge >= 0.3 is 0 Å². The Labute approximate surface area is 169 Å². The maximum absolute atomic E-state index is 12.3. The zero-order valence-electron chi connectivity index (χ0n) is 15.4. The second-order valence-corrected chi connectivity index (χ2v) is 6.32. The summed E-state index contributed by atoms with van der Waals surface area (Å²) in [5.74, 6) is 1.70. The number of ether oxygens (including phenoxy) is 2. The molecule has 0 atom stereocenters. The molecule has 142 valence electrons. The van der Waals surface area contributed by atoms with Crippen molar-refractivity contribution in [3.8, 4) is 17.2 Å². The molecule has 0 radical (unpaired) electrons. The van der Waals surface area contributed by atoms with Crippen LogP contribution in [0.25, 0.3) is 6.08 Å². The number of hydrogen-bond donors (Lipinski definition) is 1. The molecule has 0 saturated heterocycles. The molecule has 3 aromatic carbocycles. The van der Waals surface area contributed by atoms with Gasteiger partial charge in [0.05, 0.1) is 12.3 Å². The monoisotopic (exact) mass is 393 g/mol. The number of carbonyl (C=O) groups is 1. The average molecular weight is 394 g/mol. The molecule has 0 aliphatic rings. The standard InChI is InChI=1S/C23H20ClNO3/c1-2-27-19-12-8-17(9-13-19)10-15-23(26)25-21-16-18(24)11-14-22(21)28-20-6-4-3-5-7-20/h3-16H,2H2,1H3,(H,25,26)/b15-10+. The van der Waals surface area contributed by atoms with Gasteiger partial charge in [-0.25, -0.2) is 0 Å². The van der Waals surface area contributed by atoms with Gasteiger partial charge in [0.1, 0.15) is 11.5 Å². The summed E-state index contributed by atoms with van der Waals surface area (Å²) in [6.07, 6.45) is 3.19. The fraction of sp³-hybridized carbons (Fsp3) is 0.0870. The van der Waals surface area contributed by atoms with E-state index in [2.05, 4.69) is 5.32 Å². The maximum Gasteiger partial charge on any atom is 0.248 e. The number of anilines is 1. The molecule has 1 N–H and O–H groups in total. The third kappa shape index (κ3) is 5.63. The van der Waals surface area contributed by atoms with Gasteiger partial charge in [0.25, 0.3) is 0 Å². The van der Waals surface area contributed by atoms with Gasteiger partial charge in [0, 0.05) is 11.1 Å². The number of rotatable bonds is 7. The summed E-state index contributed by atoms with van der Waals surface area (Å²) in [6.45, 7) is 2.55. The van der Waals surface area contributed by atoms with Gasteiger partial charge in [-0.05, 0) is 61.0 Å². The highest BCUT2D eigenvalue weighted by Crippen LogP contribution is 2.32. The van der Waals surface area contributed by atoms with Crippen LogP contribution in [0.3, 0.4) is 0 Å². The highest BCUT2D eigenvalue weighted by Gasteiger charge is 2.08. The fourth-order valence-corrected chi connectivity index (χ4v) is 2.66. The first-order valence-electron chi connectivity index (χ1n) is 8.88. The molecule has 0 saturated carbocycles. The molecule has 0 bridgehead atoms. The number of carbonyl (C=O) groups excluding carboxylic acids is 1. The van der Waals surface area contributed by atoms with Gasteiger partial charge in [0.15, 0.2) is 5.75 Å². The second kappa shape index (κ2) is 9.62. The van der Waals surface area contributed by atoms with E-state index < -0.39 is 0 Å². The van der Waals surface area contributed by atoms with Crippen molar-refractivity contribution in [3.05, 3.63) is 89.5 Å². The summed E-state index contributed by atoms with van der Waals surface area (Å²) in [4.78, 5) is 12.3. The highest BCUT2D eigenvalue weighted by molar-refractivity contribution is 6.31. The van der Waals surface area contributed by atoms with E-state index in [0.717, 1.165) is 11.3 Å². The summed E-state index contributed by atoms with van der Waals surface area (Å²) < 4.78 is 11.3. The molecule has 0 aliphatic heterocycles. The lowest BCUT2D eigenvalue weighted by Crippen LogP contribution is -2.08. The third-order valence-electron chi connectivity index (χ3n) is 3.79. The highest BCUT2D eigenvalue weighted by atomic mass is 35.5. The quantitative estimate of drug-likeness (QED) is 0.487. The van der Waals surface area contributed by atoms with E-state index in [9.17, 15) is 4.79 Å². The third-order valence-corrected chi connectivity index (χ3v) is 4.02. The van der Waals surface area contributed by atoms with Crippen LogP contribution in [0.2, 0.25) is 5.02 Å². The largest absolute Gasteiger partial charge is 0.494 e. The lowest BCUT2D eigenvalue weighted by Gasteiger charge is -2.12. The van der Waals surface area contributed by atoms with Crippen LogP contribution in [0.5, 0.6) is 17.2 Å². The molecular weight excluding hydrogens is 374 g/mol. The van der Waals surface area contributed by atoms with Crippen LogP contribution in [-0.2, 0) is 4.79 Å². The van der Waals surface area contributed by atoms with E-state index in [4.69, 9.17) is 21.1 Å². The Hall–Kier alpha value is -3.24. The predicted molar refractivity (Wildman–Crippen MR) is 113 cm³/mol. The van der Waals surface area contributed by atoms with Crippen LogP contribution in [0.15, 0.2) is 78.9 Å². The summed E-state index contributed by atoms with van der Waals surface area (Å²) in [5, 5.41) is 3.32. The van der Waals surface area contributed by atoms with Crippen LogP contribution in [0.1, 0.15) is 12.5 Å². The first kappa shape index (κ1) is 19.5. The molecule has 0 spiro atoms. The van der Waals surface area contributed by atoms with Gasteiger partial charge in [0.2, 0.25) is 5.91 Å². The zero-order chi connectivity index (χ0) is 19.8. The van der Waals surface area contributed by atoms with Gasteiger partial charge in [-0.2, -0.15) is 0 Å². The minimum absolute atomic E-state index is 0.283. The van der Waals surface area contributed by atoms with E-state index >= 15 is 0 Å². The Kier molecular flexibility index (Phi) is 6.71. The number of amides is 1. The summed E-state index contributed by atoms with van der Waals surface area (Å²) in [6, 6.07) is 21.9. The number of para-hydroxylation sites is 1. The minimum Gasteiger partial charge on any atom is -0.494 e. The lowest BCUT2D eigenvalue weighted by atomic mass is 10.2. The van der Waals surface area contributed by atoms with Crippen LogP contribution >= 0.6 is 11.6 Å². The Bertz CT molecular complexity index is 953. The van der Waals surface area contributed by atoms with E-state index in [1.54, 1.807) is 24.3 Å². The number of nitrogens with one attached hydrogen (secondary N) is 1. The topological polar surface area (TPSA) is 47.6 Å². The Morgan fingerprint density at radius 3 is 2.46 bits per heavy atom. The van der Waals surface area contributed by atoms with Gasteiger partial charge in [-0.15, -0.1) is 0 Å². The molecule has 0 fully saturated rings. The van der Waals surface area contributed by atoms with Crippen molar-refractivity contribution in [1.29, 1.82) is 0 Å². The summed E-state index contributed by atoms with van der Waals surface area (Å²) in [7, 11) is 0. The molecule has 28 heavy (non-hydrogen) atoms. The zero-order valence-corrected chi connectivity index (χ0v) is 16.1. The first-order chi connectivity index (χ1) is 13.6. The van der Waals surface area contributed by atoms with Crippen molar-refractivity contribution in [2.45, 2.75) is 6.92 Å². The van der Waals surface area contributed by atoms with Crippen molar-refractivity contribution in [2.75, 3.05) is 11.9 Å². The summed E-state index contributed by atoms with van der Waals surface area (Å²) >= 11 is 6.08. The summed E-state index contributed by atoms with van der Waals surface area (Å²) in [5.41, 5.74) is 1.39. The Morgan fingerprint density at radius 2 is 1.75 bits per heavy atom. The van der Waals surface area contributed by atoms with Crippen LogP contribution in [0.4, 0.5) is 5.69 Å². The van der Waals surface area contributed by atoms with E-state index in [0.29, 0.717) is 28.8 Å². The van der Waals surface area contributed by atoms with Crippen molar-refractivity contribution in [1.82, 2.24) is 0 Å². The Morgan fingerprint density at radius 1 is 1.00 bits per heavy atom. The van der Waals surface area contributed by atoms with Gasteiger partial charge < -0.3 is 14.8 Å². The number of hydrogen-bond acceptors (Lipinski definition) is 3.